The molecule has 1 aromatic rings. The number of hydrogen-bond donors (Lipinski definition) is 1. The molecule has 0 saturated carbocycles. The van der Waals surface area contributed by atoms with E-state index >= 15 is 0 Å². The Morgan fingerprint density at radius 3 is 2.20 bits per heavy atom. The van der Waals surface area contributed by atoms with E-state index in [-0.39, 0.29) is 42.2 Å². The molecule has 0 amide bonds. The van der Waals surface area contributed by atoms with E-state index in [0.29, 0.717) is 17.4 Å². The van der Waals surface area contributed by atoms with Gasteiger partial charge in [0.25, 0.3) is 0 Å². The molecule has 25 heavy (non-hydrogen) atoms. The summed E-state index contributed by atoms with van der Waals surface area (Å²) in [6.07, 6.45) is 1.65. The van der Waals surface area contributed by atoms with E-state index in [1.54, 1.807) is 33.8 Å². The number of carbonyl (C=O) groups is 2. The first-order chi connectivity index (χ1) is 11.2. The Hall–Kier alpha value is -1.59. The van der Waals surface area contributed by atoms with Crippen molar-refractivity contribution in [2.24, 2.45) is 23.5 Å². The number of ether oxygens (including phenoxy) is 2. The summed E-state index contributed by atoms with van der Waals surface area (Å²) in [7, 11) is 0. The Labute approximate surface area is 155 Å². The standard InChI is InChI=1S/C19H27NO4.ClH/c1-10(2)18(21)23-15-9-8-13-14(7-6-12(5)16(13)20)17(15)24-19(22)11(3)4;/h8-12,16H,6-7,20H2,1-5H3;1H/t12?,16-;/m1./s1. The summed E-state index contributed by atoms with van der Waals surface area (Å²) in [4.78, 5) is 24.1. The van der Waals surface area contributed by atoms with Gasteiger partial charge in [0.05, 0.1) is 11.8 Å². The summed E-state index contributed by atoms with van der Waals surface area (Å²) < 4.78 is 11.1. The monoisotopic (exact) mass is 369 g/mol. The lowest BCUT2D eigenvalue weighted by Crippen LogP contribution is -2.27. The molecule has 0 aliphatic heterocycles. The molecule has 6 heteroatoms. The molecule has 2 atom stereocenters. The number of esters is 2. The Morgan fingerprint density at radius 2 is 1.64 bits per heavy atom. The normalized spacial score (nSPS) is 19.2. The van der Waals surface area contributed by atoms with Crippen LogP contribution in [0.1, 0.15) is 58.2 Å². The third-order valence-corrected chi connectivity index (χ3v) is 4.44. The fourth-order valence-corrected chi connectivity index (χ4v) is 2.69. The molecule has 2 N–H and O–H groups in total. The molecule has 0 fully saturated rings. The maximum Gasteiger partial charge on any atom is 0.313 e. The summed E-state index contributed by atoms with van der Waals surface area (Å²) in [6.45, 7) is 9.17. The highest BCUT2D eigenvalue weighted by molar-refractivity contribution is 5.85. The zero-order valence-corrected chi connectivity index (χ0v) is 16.3. The minimum Gasteiger partial charge on any atom is -0.422 e. The molecule has 1 aliphatic rings. The minimum absolute atomic E-state index is 0. The van der Waals surface area contributed by atoms with Crippen molar-refractivity contribution in [3.8, 4) is 11.5 Å². The van der Waals surface area contributed by atoms with Crippen LogP contribution in [-0.4, -0.2) is 11.9 Å². The average molecular weight is 370 g/mol. The summed E-state index contributed by atoms with van der Waals surface area (Å²) >= 11 is 0. The second-order valence-corrected chi connectivity index (χ2v) is 7.15. The van der Waals surface area contributed by atoms with Crippen molar-refractivity contribution in [3.05, 3.63) is 23.3 Å². The highest BCUT2D eigenvalue weighted by atomic mass is 35.5. The van der Waals surface area contributed by atoms with Crippen LogP contribution in [0.3, 0.4) is 0 Å². The van der Waals surface area contributed by atoms with E-state index in [1.165, 1.54) is 0 Å². The van der Waals surface area contributed by atoms with Crippen molar-refractivity contribution in [1.82, 2.24) is 0 Å². The van der Waals surface area contributed by atoms with Crippen LogP contribution in [0, 0.1) is 17.8 Å². The van der Waals surface area contributed by atoms with Crippen LogP contribution in [-0.2, 0) is 16.0 Å². The third-order valence-electron chi connectivity index (χ3n) is 4.44. The van der Waals surface area contributed by atoms with Crippen molar-refractivity contribution in [3.63, 3.8) is 0 Å². The summed E-state index contributed by atoms with van der Waals surface area (Å²) in [5, 5.41) is 0. The predicted octanol–water partition coefficient (Wildman–Crippen LogP) is 3.81. The molecule has 1 unspecified atom stereocenters. The third kappa shape index (κ3) is 4.73. The molecule has 0 spiro atoms. The van der Waals surface area contributed by atoms with Gasteiger partial charge in [-0.3, -0.25) is 9.59 Å². The van der Waals surface area contributed by atoms with Crippen molar-refractivity contribution >= 4 is 24.3 Å². The fourth-order valence-electron chi connectivity index (χ4n) is 2.69. The Balaban J connectivity index is 0.00000312. The molecular weight excluding hydrogens is 342 g/mol. The van der Waals surface area contributed by atoms with Crippen molar-refractivity contribution < 1.29 is 19.1 Å². The maximum absolute atomic E-state index is 12.1. The molecule has 140 valence electrons. The zero-order chi connectivity index (χ0) is 18.0. The van der Waals surface area contributed by atoms with Crippen molar-refractivity contribution in [2.45, 2.75) is 53.5 Å². The van der Waals surface area contributed by atoms with E-state index in [4.69, 9.17) is 15.2 Å². The number of nitrogens with two attached hydrogens (primary N) is 1. The van der Waals surface area contributed by atoms with Gasteiger partial charge in [-0.05, 0) is 30.4 Å². The van der Waals surface area contributed by atoms with Gasteiger partial charge in [-0.2, -0.15) is 0 Å². The largest absolute Gasteiger partial charge is 0.422 e. The maximum atomic E-state index is 12.1. The fraction of sp³-hybridized carbons (Fsp3) is 0.579. The lowest BCUT2D eigenvalue weighted by molar-refractivity contribution is -0.140. The van der Waals surface area contributed by atoms with Crippen LogP contribution in [0.2, 0.25) is 0 Å². The Kier molecular flexibility index (Phi) is 7.44. The topological polar surface area (TPSA) is 78.6 Å². The van der Waals surface area contributed by atoms with E-state index in [2.05, 4.69) is 6.92 Å². The van der Waals surface area contributed by atoms with Gasteiger partial charge in [0.1, 0.15) is 0 Å². The van der Waals surface area contributed by atoms with Gasteiger partial charge in [-0.1, -0.05) is 40.7 Å². The van der Waals surface area contributed by atoms with Gasteiger partial charge in [0.15, 0.2) is 11.5 Å². The molecule has 1 aromatic carbocycles. The number of rotatable bonds is 4. The molecule has 0 aromatic heterocycles. The highest BCUT2D eigenvalue weighted by Gasteiger charge is 2.30. The van der Waals surface area contributed by atoms with Crippen LogP contribution in [0.15, 0.2) is 12.1 Å². The van der Waals surface area contributed by atoms with Crippen LogP contribution in [0.25, 0.3) is 0 Å². The molecule has 2 rings (SSSR count). The van der Waals surface area contributed by atoms with Crippen LogP contribution in [0.5, 0.6) is 11.5 Å². The smallest absolute Gasteiger partial charge is 0.313 e. The number of halogens is 1. The Bertz CT molecular complexity index is 643. The number of carbonyl (C=O) groups excluding carboxylic acids is 2. The summed E-state index contributed by atoms with van der Waals surface area (Å²) in [5.41, 5.74) is 8.14. The number of fused-ring (bicyclic) bond motifs is 1. The van der Waals surface area contributed by atoms with Crippen LogP contribution in [0.4, 0.5) is 0 Å². The molecule has 0 heterocycles. The van der Waals surface area contributed by atoms with E-state index in [0.717, 1.165) is 24.0 Å². The first kappa shape index (κ1) is 21.5. The van der Waals surface area contributed by atoms with Gasteiger partial charge in [0, 0.05) is 11.6 Å². The minimum atomic E-state index is -0.356. The van der Waals surface area contributed by atoms with E-state index in [9.17, 15) is 9.59 Å². The molecule has 1 aliphatic carbocycles. The predicted molar refractivity (Wildman–Crippen MR) is 99.0 cm³/mol. The van der Waals surface area contributed by atoms with Gasteiger partial charge < -0.3 is 15.2 Å². The summed E-state index contributed by atoms with van der Waals surface area (Å²) in [5.74, 6) is -0.244. The van der Waals surface area contributed by atoms with Gasteiger partial charge in [-0.25, -0.2) is 0 Å². The molecule has 0 radical (unpaired) electrons. The van der Waals surface area contributed by atoms with E-state index in [1.807, 2.05) is 6.07 Å². The molecular formula is C19H28ClNO4. The van der Waals surface area contributed by atoms with Crippen LogP contribution < -0.4 is 15.2 Å². The van der Waals surface area contributed by atoms with Crippen molar-refractivity contribution in [1.29, 1.82) is 0 Å². The lowest BCUT2D eigenvalue weighted by Gasteiger charge is -2.30. The summed E-state index contributed by atoms with van der Waals surface area (Å²) in [6, 6.07) is 3.45. The SMILES string of the molecule is CC(C)C(=O)Oc1ccc2c(c1OC(=O)C(C)C)CCC(C)[C@H]2N.Cl. The van der Waals surface area contributed by atoms with Gasteiger partial charge in [0.2, 0.25) is 0 Å². The lowest BCUT2D eigenvalue weighted by atomic mass is 9.80. The first-order valence-electron chi connectivity index (χ1n) is 8.57. The quantitative estimate of drug-likeness (QED) is 0.644. The Morgan fingerprint density at radius 1 is 1.08 bits per heavy atom. The van der Waals surface area contributed by atoms with Crippen molar-refractivity contribution in [2.75, 3.05) is 0 Å². The highest BCUT2D eigenvalue weighted by Crippen LogP contribution is 2.42. The second-order valence-electron chi connectivity index (χ2n) is 7.15. The average Bonchev–Trinajstić information content (AvgIpc) is 2.52. The second kappa shape index (κ2) is 8.68. The zero-order valence-electron chi connectivity index (χ0n) is 15.5. The van der Waals surface area contributed by atoms with Crippen LogP contribution >= 0.6 is 12.4 Å². The molecule has 0 bridgehead atoms. The van der Waals surface area contributed by atoms with E-state index < -0.39 is 0 Å². The number of hydrogen-bond acceptors (Lipinski definition) is 5. The van der Waals surface area contributed by atoms with Gasteiger partial charge >= 0.3 is 11.9 Å². The molecule has 5 nitrogen and oxygen atoms in total. The first-order valence-corrected chi connectivity index (χ1v) is 8.57. The number of benzene rings is 1. The van der Waals surface area contributed by atoms with Gasteiger partial charge in [-0.15, -0.1) is 12.4 Å². The molecule has 0 saturated heterocycles.